The molecule has 0 aliphatic carbocycles. The first-order valence-electron chi connectivity index (χ1n) is 7.05. The van der Waals surface area contributed by atoms with Gasteiger partial charge in [0, 0.05) is 5.69 Å². The molecule has 3 aromatic rings. The Bertz CT molecular complexity index is 887. The Kier molecular flexibility index (Phi) is 4.43. The SMILES string of the molecule is Cc1ccc(NC(=O)c2ccc(NC(=O)c3ccco3)s2)cc1F. The van der Waals surface area contributed by atoms with E-state index in [1.165, 1.54) is 12.3 Å². The molecule has 0 bridgehead atoms. The zero-order valence-electron chi connectivity index (χ0n) is 12.6. The molecule has 2 amide bonds. The van der Waals surface area contributed by atoms with Crippen molar-refractivity contribution in [1.29, 1.82) is 0 Å². The topological polar surface area (TPSA) is 71.3 Å². The molecule has 0 radical (unpaired) electrons. The third-order valence-corrected chi connectivity index (χ3v) is 4.24. The molecule has 3 rings (SSSR count). The van der Waals surface area contributed by atoms with Crippen LogP contribution in [0.2, 0.25) is 0 Å². The first-order valence-corrected chi connectivity index (χ1v) is 7.87. The highest BCUT2D eigenvalue weighted by Gasteiger charge is 2.14. The Morgan fingerprint density at radius 3 is 2.62 bits per heavy atom. The molecule has 0 aliphatic rings. The lowest BCUT2D eigenvalue weighted by atomic mass is 10.2. The van der Waals surface area contributed by atoms with Gasteiger partial charge in [0.25, 0.3) is 11.8 Å². The van der Waals surface area contributed by atoms with Crippen LogP contribution in [0.5, 0.6) is 0 Å². The molecule has 0 fully saturated rings. The van der Waals surface area contributed by atoms with Crippen molar-refractivity contribution in [1.82, 2.24) is 0 Å². The van der Waals surface area contributed by atoms with Crippen LogP contribution in [0, 0.1) is 12.7 Å². The summed E-state index contributed by atoms with van der Waals surface area (Å²) in [6.45, 7) is 1.65. The summed E-state index contributed by atoms with van der Waals surface area (Å²) in [5.41, 5.74) is 0.879. The van der Waals surface area contributed by atoms with Gasteiger partial charge < -0.3 is 15.1 Å². The van der Waals surface area contributed by atoms with Gasteiger partial charge in [-0.25, -0.2) is 4.39 Å². The van der Waals surface area contributed by atoms with E-state index in [1.807, 2.05) is 0 Å². The van der Waals surface area contributed by atoms with E-state index >= 15 is 0 Å². The van der Waals surface area contributed by atoms with E-state index in [4.69, 9.17) is 4.42 Å². The van der Waals surface area contributed by atoms with Crippen LogP contribution in [0.1, 0.15) is 25.8 Å². The first kappa shape index (κ1) is 15.9. The molecule has 0 aliphatic heterocycles. The van der Waals surface area contributed by atoms with Gasteiger partial charge in [-0.05, 0) is 48.9 Å². The number of carbonyl (C=O) groups excluding carboxylic acids is 2. The maximum absolute atomic E-state index is 13.5. The Morgan fingerprint density at radius 1 is 1.08 bits per heavy atom. The molecular weight excluding hydrogens is 331 g/mol. The molecule has 0 spiro atoms. The number of rotatable bonds is 4. The van der Waals surface area contributed by atoms with E-state index < -0.39 is 5.91 Å². The molecule has 7 heteroatoms. The third kappa shape index (κ3) is 3.52. The molecule has 122 valence electrons. The molecule has 2 aromatic heterocycles. The highest BCUT2D eigenvalue weighted by atomic mass is 32.1. The van der Waals surface area contributed by atoms with Gasteiger partial charge in [-0.15, -0.1) is 11.3 Å². The second-order valence-corrected chi connectivity index (χ2v) is 6.10. The van der Waals surface area contributed by atoms with Gasteiger partial charge in [0.1, 0.15) is 5.82 Å². The lowest BCUT2D eigenvalue weighted by molar-refractivity contribution is 0.0995. The van der Waals surface area contributed by atoms with Crippen LogP contribution in [-0.2, 0) is 0 Å². The van der Waals surface area contributed by atoms with Crippen LogP contribution in [0.25, 0.3) is 0 Å². The van der Waals surface area contributed by atoms with Gasteiger partial charge in [0.15, 0.2) is 5.76 Å². The first-order chi connectivity index (χ1) is 11.5. The molecule has 0 atom stereocenters. The Hall–Kier alpha value is -2.93. The number of carbonyl (C=O) groups is 2. The van der Waals surface area contributed by atoms with Gasteiger partial charge in [-0.1, -0.05) is 6.07 Å². The average Bonchev–Trinajstić information content (AvgIpc) is 3.22. The summed E-state index contributed by atoms with van der Waals surface area (Å²) < 4.78 is 18.5. The number of amides is 2. The van der Waals surface area contributed by atoms with Gasteiger partial charge in [-0.2, -0.15) is 0 Å². The van der Waals surface area contributed by atoms with Crippen LogP contribution < -0.4 is 10.6 Å². The molecule has 24 heavy (non-hydrogen) atoms. The Labute approximate surface area is 141 Å². The van der Waals surface area contributed by atoms with Gasteiger partial charge >= 0.3 is 0 Å². The van der Waals surface area contributed by atoms with Crippen LogP contribution in [0.4, 0.5) is 15.1 Å². The highest BCUT2D eigenvalue weighted by Crippen LogP contribution is 2.24. The van der Waals surface area contributed by atoms with Crippen LogP contribution >= 0.6 is 11.3 Å². The maximum atomic E-state index is 13.5. The molecule has 2 N–H and O–H groups in total. The van der Waals surface area contributed by atoms with Crippen molar-refractivity contribution in [3.63, 3.8) is 0 Å². The number of benzene rings is 1. The largest absolute Gasteiger partial charge is 0.459 e. The zero-order valence-corrected chi connectivity index (χ0v) is 13.4. The number of halogens is 1. The van der Waals surface area contributed by atoms with Gasteiger partial charge in [0.05, 0.1) is 16.1 Å². The fourth-order valence-corrected chi connectivity index (χ4v) is 2.77. The van der Waals surface area contributed by atoms with E-state index in [0.29, 0.717) is 21.1 Å². The van der Waals surface area contributed by atoms with E-state index in [2.05, 4.69) is 10.6 Å². The molecule has 5 nitrogen and oxygen atoms in total. The van der Waals surface area contributed by atoms with Crippen molar-refractivity contribution in [3.05, 3.63) is 70.7 Å². The number of aryl methyl sites for hydroxylation is 1. The normalized spacial score (nSPS) is 10.4. The Morgan fingerprint density at radius 2 is 1.92 bits per heavy atom. The highest BCUT2D eigenvalue weighted by molar-refractivity contribution is 7.18. The quantitative estimate of drug-likeness (QED) is 0.741. The number of hydrogen-bond donors (Lipinski definition) is 2. The fourth-order valence-electron chi connectivity index (χ4n) is 1.97. The number of furan rings is 1. The van der Waals surface area contributed by atoms with Crippen molar-refractivity contribution in [3.8, 4) is 0 Å². The smallest absolute Gasteiger partial charge is 0.291 e. The summed E-state index contributed by atoms with van der Waals surface area (Å²) in [6.07, 6.45) is 1.41. The van der Waals surface area contributed by atoms with Crippen molar-refractivity contribution < 1.29 is 18.4 Å². The summed E-state index contributed by atoms with van der Waals surface area (Å²) in [6, 6.07) is 10.8. The van der Waals surface area contributed by atoms with Crippen LogP contribution in [0.15, 0.2) is 53.1 Å². The minimum Gasteiger partial charge on any atom is -0.459 e. The number of hydrogen-bond acceptors (Lipinski definition) is 4. The standard InChI is InChI=1S/C17H13FN2O3S/c1-10-4-5-11(9-12(10)18)19-17(22)14-6-7-15(24-14)20-16(21)13-3-2-8-23-13/h2-9H,1H3,(H,19,22)(H,20,21). The van der Waals surface area contributed by atoms with Gasteiger partial charge in [0.2, 0.25) is 0 Å². The van der Waals surface area contributed by atoms with E-state index in [0.717, 1.165) is 11.3 Å². The minimum absolute atomic E-state index is 0.185. The molecule has 1 aromatic carbocycles. The second kappa shape index (κ2) is 6.67. The van der Waals surface area contributed by atoms with Crippen molar-refractivity contribution in [2.45, 2.75) is 6.92 Å². The second-order valence-electron chi connectivity index (χ2n) is 5.01. The molecule has 0 saturated carbocycles. The van der Waals surface area contributed by atoms with E-state index in [9.17, 15) is 14.0 Å². The third-order valence-electron chi connectivity index (χ3n) is 3.24. The molecule has 0 saturated heterocycles. The lowest BCUT2D eigenvalue weighted by Gasteiger charge is -2.05. The predicted octanol–water partition coefficient (Wildman–Crippen LogP) is 4.29. The van der Waals surface area contributed by atoms with Gasteiger partial charge in [-0.3, -0.25) is 9.59 Å². The van der Waals surface area contributed by atoms with Crippen molar-refractivity contribution >= 4 is 33.8 Å². The summed E-state index contributed by atoms with van der Waals surface area (Å²) in [5.74, 6) is -0.967. The monoisotopic (exact) mass is 344 g/mol. The zero-order chi connectivity index (χ0) is 17.1. The molecule has 0 unspecified atom stereocenters. The molecular formula is C17H13FN2O3S. The lowest BCUT2D eigenvalue weighted by Crippen LogP contribution is -2.11. The van der Waals surface area contributed by atoms with Crippen LogP contribution in [-0.4, -0.2) is 11.8 Å². The summed E-state index contributed by atoms with van der Waals surface area (Å²) >= 11 is 1.11. The molecule has 2 heterocycles. The summed E-state index contributed by atoms with van der Waals surface area (Å²) in [4.78, 5) is 24.5. The van der Waals surface area contributed by atoms with Crippen molar-refractivity contribution in [2.24, 2.45) is 0 Å². The Balaban J connectivity index is 1.67. The summed E-state index contributed by atoms with van der Waals surface area (Å²) in [7, 11) is 0. The number of anilines is 2. The summed E-state index contributed by atoms with van der Waals surface area (Å²) in [5, 5.41) is 5.78. The minimum atomic E-state index is -0.394. The maximum Gasteiger partial charge on any atom is 0.291 e. The van der Waals surface area contributed by atoms with Crippen LogP contribution in [0.3, 0.4) is 0 Å². The fraction of sp³-hybridized carbons (Fsp3) is 0.0588. The number of thiophene rings is 1. The van der Waals surface area contributed by atoms with E-state index in [-0.39, 0.29) is 17.5 Å². The average molecular weight is 344 g/mol. The number of nitrogens with one attached hydrogen (secondary N) is 2. The van der Waals surface area contributed by atoms with Crippen molar-refractivity contribution in [2.75, 3.05) is 10.6 Å². The predicted molar refractivity (Wildman–Crippen MR) is 90.1 cm³/mol. The van der Waals surface area contributed by atoms with E-state index in [1.54, 1.807) is 43.3 Å².